The Morgan fingerprint density at radius 3 is 2.55 bits per heavy atom. The lowest BCUT2D eigenvalue weighted by molar-refractivity contribution is 0.0895. The summed E-state index contributed by atoms with van der Waals surface area (Å²) >= 11 is 0. The molecule has 4 aromatic rings. The summed E-state index contributed by atoms with van der Waals surface area (Å²) in [5, 5.41) is 13.6. The molecule has 1 fully saturated rings. The van der Waals surface area contributed by atoms with Crippen molar-refractivity contribution in [2.45, 2.75) is 46.1 Å². The average Bonchev–Trinajstić information content (AvgIpc) is 3.46. The van der Waals surface area contributed by atoms with Gasteiger partial charge in [0.05, 0.1) is 23.6 Å². The van der Waals surface area contributed by atoms with Crippen molar-refractivity contribution in [1.29, 1.82) is 0 Å². The highest BCUT2D eigenvalue weighted by Crippen LogP contribution is 2.27. The van der Waals surface area contributed by atoms with Gasteiger partial charge in [-0.15, -0.1) is 0 Å². The number of aromatic nitrogens is 5. The first-order valence-corrected chi connectivity index (χ1v) is 13.4. The summed E-state index contributed by atoms with van der Waals surface area (Å²) in [5.41, 5.74) is 4.29. The lowest BCUT2D eigenvalue weighted by Gasteiger charge is -2.28. The topological polar surface area (TPSA) is 134 Å². The molecule has 1 aliphatic rings. The number of hydrogen-bond donors (Lipinski definition) is 3. The fourth-order valence-electron chi connectivity index (χ4n) is 4.55. The van der Waals surface area contributed by atoms with Crippen LogP contribution in [-0.2, 0) is 5.41 Å². The van der Waals surface area contributed by atoms with E-state index in [9.17, 15) is 4.79 Å². The largest absolute Gasteiger partial charge is 0.354 e. The number of carbonyl (C=O) groups is 1. The van der Waals surface area contributed by atoms with E-state index in [-0.39, 0.29) is 17.3 Å². The molecule has 0 aliphatic carbocycles. The van der Waals surface area contributed by atoms with Gasteiger partial charge in [-0.2, -0.15) is 4.98 Å². The van der Waals surface area contributed by atoms with Crippen LogP contribution in [0.15, 0.2) is 53.4 Å². The van der Waals surface area contributed by atoms with Gasteiger partial charge in [0, 0.05) is 43.2 Å². The highest BCUT2D eigenvalue weighted by atomic mass is 16.5. The van der Waals surface area contributed by atoms with Gasteiger partial charge in [-0.05, 0) is 43.2 Å². The highest BCUT2D eigenvalue weighted by molar-refractivity contribution is 5.89. The molecule has 1 aromatic carbocycles. The second-order valence-corrected chi connectivity index (χ2v) is 11.0. The maximum Gasteiger partial charge on any atom is 0.315 e. The second kappa shape index (κ2) is 11.4. The Labute approximate surface area is 233 Å². The Kier molecular flexibility index (Phi) is 7.74. The number of nitrogens with zero attached hydrogens (tertiary/aromatic N) is 6. The molecule has 1 amide bonds. The van der Waals surface area contributed by atoms with Crippen LogP contribution in [-0.4, -0.2) is 57.2 Å². The molecule has 5 rings (SSSR count). The van der Waals surface area contributed by atoms with Crippen molar-refractivity contribution in [3.63, 3.8) is 0 Å². The van der Waals surface area contributed by atoms with Crippen molar-refractivity contribution >= 4 is 23.2 Å². The first-order chi connectivity index (χ1) is 19.2. The zero-order valence-electron chi connectivity index (χ0n) is 23.5. The maximum absolute atomic E-state index is 12.7. The highest BCUT2D eigenvalue weighted by Gasteiger charge is 2.25. The molecule has 3 N–H and O–H groups in total. The van der Waals surface area contributed by atoms with Crippen molar-refractivity contribution in [3.8, 4) is 11.3 Å². The average molecular weight is 542 g/mol. The van der Waals surface area contributed by atoms with E-state index in [1.54, 1.807) is 6.33 Å². The third kappa shape index (κ3) is 6.26. The van der Waals surface area contributed by atoms with Gasteiger partial charge in [-0.3, -0.25) is 4.79 Å². The van der Waals surface area contributed by atoms with Crippen LogP contribution in [0.2, 0.25) is 0 Å². The second-order valence-electron chi connectivity index (χ2n) is 11.0. The van der Waals surface area contributed by atoms with Crippen LogP contribution in [0.25, 0.3) is 11.3 Å². The van der Waals surface area contributed by atoms with Gasteiger partial charge in [0.2, 0.25) is 0 Å². The predicted molar refractivity (Wildman–Crippen MR) is 154 cm³/mol. The smallest absolute Gasteiger partial charge is 0.315 e. The Bertz CT molecular complexity index is 1470. The number of amides is 1. The summed E-state index contributed by atoms with van der Waals surface area (Å²) < 4.78 is 5.18. The molecule has 11 nitrogen and oxygen atoms in total. The summed E-state index contributed by atoms with van der Waals surface area (Å²) in [6.07, 6.45) is 3.37. The number of rotatable bonds is 7. The molecule has 11 heteroatoms. The number of piperazine rings is 1. The molecule has 0 unspecified atom stereocenters. The van der Waals surface area contributed by atoms with Crippen LogP contribution >= 0.6 is 0 Å². The third-order valence-electron chi connectivity index (χ3n) is 6.80. The summed E-state index contributed by atoms with van der Waals surface area (Å²) in [7, 11) is 0. The molecule has 208 valence electrons. The number of benzene rings is 1. The van der Waals surface area contributed by atoms with Crippen molar-refractivity contribution in [3.05, 3.63) is 71.8 Å². The van der Waals surface area contributed by atoms with Crippen molar-refractivity contribution < 1.29 is 9.32 Å². The van der Waals surface area contributed by atoms with E-state index >= 15 is 0 Å². The van der Waals surface area contributed by atoms with Crippen LogP contribution in [0.1, 0.15) is 61.4 Å². The molecule has 0 radical (unpaired) electrons. The first-order valence-electron chi connectivity index (χ1n) is 13.4. The van der Waals surface area contributed by atoms with Gasteiger partial charge in [-0.1, -0.05) is 38.1 Å². The van der Waals surface area contributed by atoms with Crippen LogP contribution in [0.4, 0.5) is 17.3 Å². The Balaban J connectivity index is 1.25. The number of anilines is 3. The van der Waals surface area contributed by atoms with Crippen molar-refractivity contribution in [1.82, 2.24) is 35.7 Å². The standard InChI is InChI=1S/C29H35N9O2/c1-18-14-20(6-8-22(18)19(2)34-26(39)27-36-28(37-40-27)29(3,4)5)23-15-24(33-17-32-23)35-21-7-9-25(31-16-21)38-12-10-30-11-13-38/h6-9,14-17,19,30H,10-13H2,1-5H3,(H,34,39)(H,32,33,35)/t19-/m1/s1. The van der Waals surface area contributed by atoms with E-state index in [0.29, 0.717) is 11.6 Å². The van der Waals surface area contributed by atoms with Gasteiger partial charge < -0.3 is 25.4 Å². The van der Waals surface area contributed by atoms with E-state index in [1.807, 2.05) is 71.1 Å². The van der Waals surface area contributed by atoms with E-state index in [0.717, 1.165) is 60.1 Å². The van der Waals surface area contributed by atoms with E-state index in [4.69, 9.17) is 4.52 Å². The van der Waals surface area contributed by atoms with E-state index < -0.39 is 5.91 Å². The zero-order chi connectivity index (χ0) is 28.3. The Morgan fingerprint density at radius 1 is 1.07 bits per heavy atom. The fraction of sp³-hybridized carbons (Fsp3) is 0.379. The lowest BCUT2D eigenvalue weighted by atomic mass is 9.96. The van der Waals surface area contributed by atoms with Crippen LogP contribution in [0.3, 0.4) is 0 Å². The molecule has 1 saturated heterocycles. The van der Waals surface area contributed by atoms with Gasteiger partial charge in [0.1, 0.15) is 18.0 Å². The molecule has 4 heterocycles. The molecular weight excluding hydrogens is 506 g/mol. The molecule has 1 aliphatic heterocycles. The normalized spacial score (nSPS) is 14.6. The van der Waals surface area contributed by atoms with Gasteiger partial charge in [0.25, 0.3) is 0 Å². The number of carbonyl (C=O) groups excluding carboxylic acids is 1. The quantitative estimate of drug-likeness (QED) is 0.313. The molecule has 3 aromatic heterocycles. The minimum absolute atomic E-state index is 0.0410. The molecular formula is C29H35N9O2. The monoisotopic (exact) mass is 541 g/mol. The Hall–Kier alpha value is -4.38. The van der Waals surface area contributed by atoms with Gasteiger partial charge in [-0.25, -0.2) is 15.0 Å². The van der Waals surface area contributed by atoms with Crippen LogP contribution < -0.4 is 20.9 Å². The van der Waals surface area contributed by atoms with Gasteiger partial charge >= 0.3 is 11.8 Å². The number of pyridine rings is 1. The first kappa shape index (κ1) is 27.2. The van der Waals surface area contributed by atoms with Crippen molar-refractivity contribution in [2.75, 3.05) is 36.4 Å². The van der Waals surface area contributed by atoms with Crippen LogP contribution in [0, 0.1) is 6.92 Å². The summed E-state index contributed by atoms with van der Waals surface area (Å²) in [5.74, 6) is 1.70. The van der Waals surface area contributed by atoms with E-state index in [1.165, 1.54) is 0 Å². The fourth-order valence-corrected chi connectivity index (χ4v) is 4.55. The minimum atomic E-state index is -0.402. The summed E-state index contributed by atoms with van der Waals surface area (Å²) in [6, 6.07) is 11.7. The number of aryl methyl sites for hydroxylation is 1. The minimum Gasteiger partial charge on any atom is -0.354 e. The third-order valence-corrected chi connectivity index (χ3v) is 6.80. The van der Waals surface area contributed by atoms with Crippen LogP contribution in [0.5, 0.6) is 0 Å². The SMILES string of the molecule is Cc1cc(-c2cc(Nc3ccc(N4CCNCC4)nc3)ncn2)ccc1[C@@H](C)NC(=O)c1nc(C(C)(C)C)no1. The van der Waals surface area contributed by atoms with Gasteiger partial charge in [0.15, 0.2) is 5.82 Å². The zero-order valence-corrected chi connectivity index (χ0v) is 23.5. The maximum atomic E-state index is 12.7. The summed E-state index contributed by atoms with van der Waals surface area (Å²) in [6.45, 7) is 13.7. The molecule has 0 spiro atoms. The molecule has 0 saturated carbocycles. The molecule has 0 bridgehead atoms. The van der Waals surface area contributed by atoms with Crippen molar-refractivity contribution in [2.24, 2.45) is 0 Å². The lowest BCUT2D eigenvalue weighted by Crippen LogP contribution is -2.43. The Morgan fingerprint density at radius 2 is 1.88 bits per heavy atom. The number of nitrogens with one attached hydrogen (secondary N) is 3. The van der Waals surface area contributed by atoms with E-state index in [2.05, 4.69) is 52.0 Å². The molecule has 1 atom stereocenters. The predicted octanol–water partition coefficient (Wildman–Crippen LogP) is 4.17. The number of hydrogen-bond acceptors (Lipinski definition) is 10. The molecule has 40 heavy (non-hydrogen) atoms. The summed E-state index contributed by atoms with van der Waals surface area (Å²) in [4.78, 5) is 32.7.